The van der Waals surface area contributed by atoms with Crippen molar-refractivity contribution in [1.82, 2.24) is 4.31 Å². The topological polar surface area (TPSA) is 72.9 Å². The van der Waals surface area contributed by atoms with E-state index in [4.69, 9.17) is 9.47 Å². The predicted molar refractivity (Wildman–Crippen MR) is 102 cm³/mol. The van der Waals surface area contributed by atoms with Crippen LogP contribution in [0.15, 0.2) is 23.1 Å². The highest BCUT2D eigenvalue weighted by molar-refractivity contribution is 7.89. The monoisotopic (exact) mass is 395 g/mol. The number of esters is 1. The van der Waals surface area contributed by atoms with Gasteiger partial charge in [0.15, 0.2) is 0 Å². The molecule has 4 unspecified atom stereocenters. The Kier molecular flexibility index (Phi) is 5.06. The Balaban J connectivity index is 1.82. The predicted octanol–water partition coefficient (Wildman–Crippen LogP) is 3.17. The number of sulfonamides is 1. The third-order valence-electron chi connectivity index (χ3n) is 6.70. The molecular weight excluding hydrogens is 366 g/mol. The summed E-state index contributed by atoms with van der Waals surface area (Å²) in [6.07, 6.45) is 1.95. The van der Waals surface area contributed by atoms with Gasteiger partial charge in [0.1, 0.15) is 16.7 Å². The van der Waals surface area contributed by atoms with E-state index < -0.39 is 16.0 Å². The van der Waals surface area contributed by atoms with Gasteiger partial charge >= 0.3 is 5.97 Å². The zero-order valence-corrected chi connectivity index (χ0v) is 17.7. The molecule has 150 valence electrons. The van der Waals surface area contributed by atoms with E-state index in [1.807, 2.05) is 0 Å². The Bertz CT molecular complexity index is 846. The van der Waals surface area contributed by atoms with E-state index in [1.165, 1.54) is 39.8 Å². The van der Waals surface area contributed by atoms with Crippen LogP contribution in [0.5, 0.6) is 5.75 Å². The van der Waals surface area contributed by atoms with Crippen LogP contribution in [0.3, 0.4) is 0 Å². The maximum Gasteiger partial charge on any atom is 0.338 e. The Hall–Kier alpha value is -1.60. The van der Waals surface area contributed by atoms with Crippen molar-refractivity contribution in [3.8, 4) is 5.75 Å². The summed E-state index contributed by atoms with van der Waals surface area (Å²) in [7, 11) is 0.550. The molecule has 3 saturated carbocycles. The number of benzene rings is 1. The summed E-state index contributed by atoms with van der Waals surface area (Å²) in [5.41, 5.74) is 0.539. The first-order valence-corrected chi connectivity index (χ1v) is 10.8. The first kappa shape index (κ1) is 20.1. The highest BCUT2D eigenvalue weighted by atomic mass is 32.2. The van der Waals surface area contributed by atoms with E-state index in [2.05, 4.69) is 20.8 Å². The average Bonchev–Trinajstić information content (AvgIpc) is 2.61. The lowest BCUT2D eigenvalue weighted by atomic mass is 9.45. The molecule has 6 nitrogen and oxygen atoms in total. The summed E-state index contributed by atoms with van der Waals surface area (Å²) >= 11 is 0. The van der Waals surface area contributed by atoms with Gasteiger partial charge in [0.05, 0.1) is 12.7 Å². The van der Waals surface area contributed by atoms with Gasteiger partial charge in [-0.15, -0.1) is 0 Å². The lowest BCUT2D eigenvalue weighted by Gasteiger charge is -2.61. The molecule has 0 amide bonds. The normalized spacial score (nSPS) is 29.1. The molecule has 3 fully saturated rings. The number of hydrogen-bond acceptors (Lipinski definition) is 5. The number of methoxy groups -OCH3 is 1. The van der Waals surface area contributed by atoms with Crippen LogP contribution in [0.1, 0.15) is 44.0 Å². The lowest BCUT2D eigenvalue weighted by Crippen LogP contribution is -2.57. The van der Waals surface area contributed by atoms with Crippen LogP contribution < -0.4 is 4.74 Å². The molecule has 0 saturated heterocycles. The average molecular weight is 396 g/mol. The third kappa shape index (κ3) is 3.25. The molecule has 3 aliphatic carbocycles. The standard InChI is InChI=1S/C20H29NO5S/c1-12-15-10-14(20(15,2)3)11-17(12)26-19(22)13-7-8-16(25-6)18(9-13)27(23,24)21(4)5/h7-9,12,14-15,17H,10-11H2,1-6H3. The van der Waals surface area contributed by atoms with Crippen LogP contribution in [-0.4, -0.2) is 46.0 Å². The van der Waals surface area contributed by atoms with Crippen molar-refractivity contribution in [2.75, 3.05) is 21.2 Å². The molecule has 0 aromatic heterocycles. The van der Waals surface area contributed by atoms with Gasteiger partial charge in [-0.2, -0.15) is 0 Å². The molecule has 0 radical (unpaired) electrons. The van der Waals surface area contributed by atoms with Crippen molar-refractivity contribution in [3.05, 3.63) is 23.8 Å². The quantitative estimate of drug-likeness (QED) is 0.716. The van der Waals surface area contributed by atoms with E-state index in [-0.39, 0.29) is 22.3 Å². The third-order valence-corrected chi connectivity index (χ3v) is 8.54. The molecule has 2 bridgehead atoms. The second-order valence-corrected chi connectivity index (χ2v) is 10.7. The Labute approximate surface area is 161 Å². The van der Waals surface area contributed by atoms with Crippen LogP contribution in [0, 0.1) is 23.2 Å². The minimum Gasteiger partial charge on any atom is -0.495 e. The van der Waals surface area contributed by atoms with Gasteiger partial charge in [0, 0.05) is 14.1 Å². The minimum atomic E-state index is -3.74. The number of ether oxygens (including phenoxy) is 2. The van der Waals surface area contributed by atoms with Gasteiger partial charge in [-0.25, -0.2) is 17.5 Å². The summed E-state index contributed by atoms with van der Waals surface area (Å²) in [6.45, 7) is 6.74. The smallest absolute Gasteiger partial charge is 0.338 e. The fourth-order valence-corrected chi connectivity index (χ4v) is 5.74. The zero-order valence-electron chi connectivity index (χ0n) is 16.9. The Morgan fingerprint density at radius 2 is 1.89 bits per heavy atom. The lowest BCUT2D eigenvalue weighted by molar-refractivity contribution is -0.156. The maximum atomic E-state index is 12.7. The second kappa shape index (κ2) is 6.78. The van der Waals surface area contributed by atoms with Gasteiger partial charge in [-0.1, -0.05) is 20.8 Å². The summed E-state index contributed by atoms with van der Waals surface area (Å²) in [5, 5.41) is 0. The summed E-state index contributed by atoms with van der Waals surface area (Å²) in [6, 6.07) is 4.39. The maximum absolute atomic E-state index is 12.7. The fraction of sp³-hybridized carbons (Fsp3) is 0.650. The number of carbonyl (C=O) groups excluding carboxylic acids is 1. The van der Waals surface area contributed by atoms with Crippen molar-refractivity contribution in [2.24, 2.45) is 23.2 Å². The molecule has 4 atom stereocenters. The Morgan fingerprint density at radius 3 is 2.41 bits per heavy atom. The molecule has 0 N–H and O–H groups in total. The highest BCUT2D eigenvalue weighted by Gasteiger charge is 2.57. The summed E-state index contributed by atoms with van der Waals surface area (Å²) in [5.74, 6) is 1.17. The molecule has 0 spiro atoms. The summed E-state index contributed by atoms with van der Waals surface area (Å²) in [4.78, 5) is 12.7. The van der Waals surface area contributed by atoms with Crippen LogP contribution in [0.2, 0.25) is 0 Å². The molecule has 1 aromatic rings. The van der Waals surface area contributed by atoms with Gasteiger partial charge in [0.2, 0.25) is 10.0 Å². The van der Waals surface area contributed by atoms with Crippen molar-refractivity contribution in [1.29, 1.82) is 0 Å². The molecule has 4 rings (SSSR count). The van der Waals surface area contributed by atoms with Crippen LogP contribution in [0.25, 0.3) is 0 Å². The van der Waals surface area contributed by atoms with Crippen LogP contribution in [0.4, 0.5) is 0 Å². The van der Waals surface area contributed by atoms with Gasteiger partial charge < -0.3 is 9.47 Å². The fourth-order valence-electron chi connectivity index (χ4n) is 4.67. The number of carbonyl (C=O) groups is 1. The van der Waals surface area contributed by atoms with Crippen molar-refractivity contribution in [2.45, 2.75) is 44.6 Å². The van der Waals surface area contributed by atoms with Gasteiger partial charge in [0.25, 0.3) is 0 Å². The van der Waals surface area contributed by atoms with Crippen molar-refractivity contribution >= 4 is 16.0 Å². The van der Waals surface area contributed by atoms with Crippen molar-refractivity contribution < 1.29 is 22.7 Å². The molecule has 3 aliphatic rings. The number of rotatable bonds is 5. The second-order valence-electron chi connectivity index (χ2n) is 8.55. The number of fused-ring (bicyclic) bond motifs is 2. The molecular formula is C20H29NO5S. The molecule has 7 heteroatoms. The summed E-state index contributed by atoms with van der Waals surface area (Å²) < 4.78 is 37.1. The van der Waals surface area contributed by atoms with E-state index in [0.717, 1.165) is 10.7 Å². The van der Waals surface area contributed by atoms with Crippen molar-refractivity contribution in [3.63, 3.8) is 0 Å². The molecule has 27 heavy (non-hydrogen) atoms. The van der Waals surface area contributed by atoms with Crippen LogP contribution >= 0.6 is 0 Å². The minimum absolute atomic E-state index is 0.0369. The Morgan fingerprint density at radius 1 is 1.22 bits per heavy atom. The number of nitrogens with zero attached hydrogens (tertiary/aromatic N) is 1. The van der Waals surface area contributed by atoms with E-state index in [9.17, 15) is 13.2 Å². The zero-order chi connectivity index (χ0) is 20.1. The first-order chi connectivity index (χ1) is 12.5. The van der Waals surface area contributed by atoms with Gasteiger partial charge in [-0.05, 0) is 54.2 Å². The van der Waals surface area contributed by atoms with E-state index in [0.29, 0.717) is 23.2 Å². The largest absolute Gasteiger partial charge is 0.495 e. The highest BCUT2D eigenvalue weighted by Crippen LogP contribution is 2.61. The SMILES string of the molecule is COc1ccc(C(=O)OC2CC3CC(C2C)C3(C)C)cc1S(=O)(=O)N(C)C. The molecule has 1 aromatic carbocycles. The first-order valence-electron chi connectivity index (χ1n) is 9.31. The number of hydrogen-bond donors (Lipinski definition) is 0. The molecule has 0 aliphatic heterocycles. The van der Waals surface area contributed by atoms with Crippen LogP contribution in [-0.2, 0) is 14.8 Å². The van der Waals surface area contributed by atoms with E-state index >= 15 is 0 Å². The van der Waals surface area contributed by atoms with E-state index in [1.54, 1.807) is 6.07 Å². The molecule has 0 heterocycles. The van der Waals surface area contributed by atoms with Gasteiger partial charge in [-0.3, -0.25) is 0 Å².